The molecule has 0 bridgehead atoms. The lowest BCUT2D eigenvalue weighted by molar-refractivity contribution is -0.138. The molecule has 92 valence electrons. The standard InChI is InChI=1S/C12H21NO3/c1-3-16-12(15)10(2)7-13-6-4-5-11(8-13)9-14/h11,14H,2-9H2,1H3. The molecule has 1 rings (SSSR count). The van der Waals surface area contributed by atoms with Crippen LogP contribution in [-0.4, -0.2) is 48.8 Å². The van der Waals surface area contributed by atoms with Gasteiger partial charge in [0.05, 0.1) is 6.61 Å². The molecule has 16 heavy (non-hydrogen) atoms. The Bertz CT molecular complexity index is 253. The number of carbonyl (C=O) groups excluding carboxylic acids is 1. The van der Waals surface area contributed by atoms with Crippen LogP contribution in [0.25, 0.3) is 0 Å². The SMILES string of the molecule is C=C(CN1CCCC(CO)C1)C(=O)OCC. The molecule has 1 saturated heterocycles. The number of aliphatic hydroxyl groups is 1. The molecule has 0 aromatic heterocycles. The summed E-state index contributed by atoms with van der Waals surface area (Å²) >= 11 is 0. The summed E-state index contributed by atoms with van der Waals surface area (Å²) in [6.45, 7) is 8.50. The molecule has 0 aliphatic carbocycles. The Morgan fingerprint density at radius 1 is 1.62 bits per heavy atom. The van der Waals surface area contributed by atoms with Crippen molar-refractivity contribution in [2.24, 2.45) is 5.92 Å². The van der Waals surface area contributed by atoms with E-state index in [9.17, 15) is 4.79 Å². The van der Waals surface area contributed by atoms with Crippen molar-refractivity contribution in [3.05, 3.63) is 12.2 Å². The van der Waals surface area contributed by atoms with Gasteiger partial charge in [-0.3, -0.25) is 4.90 Å². The zero-order valence-corrected chi connectivity index (χ0v) is 9.95. The van der Waals surface area contributed by atoms with Crippen LogP contribution in [0.4, 0.5) is 0 Å². The number of nitrogens with zero attached hydrogens (tertiary/aromatic N) is 1. The van der Waals surface area contributed by atoms with Crippen LogP contribution in [0.5, 0.6) is 0 Å². The van der Waals surface area contributed by atoms with Crippen molar-refractivity contribution in [2.45, 2.75) is 19.8 Å². The van der Waals surface area contributed by atoms with Crippen molar-refractivity contribution < 1.29 is 14.6 Å². The minimum absolute atomic E-state index is 0.225. The molecular weight excluding hydrogens is 206 g/mol. The van der Waals surface area contributed by atoms with E-state index in [0.717, 1.165) is 25.9 Å². The first-order chi connectivity index (χ1) is 7.67. The Labute approximate surface area is 96.9 Å². The number of esters is 1. The topological polar surface area (TPSA) is 49.8 Å². The lowest BCUT2D eigenvalue weighted by atomic mass is 9.99. The molecular formula is C12H21NO3. The molecule has 0 aromatic rings. The lowest BCUT2D eigenvalue weighted by Gasteiger charge is -2.31. The molecule has 0 aromatic carbocycles. The largest absolute Gasteiger partial charge is 0.463 e. The van der Waals surface area contributed by atoms with Gasteiger partial charge in [-0.1, -0.05) is 6.58 Å². The summed E-state index contributed by atoms with van der Waals surface area (Å²) in [5, 5.41) is 9.10. The normalized spacial score (nSPS) is 21.8. The molecule has 0 radical (unpaired) electrons. The highest BCUT2D eigenvalue weighted by molar-refractivity contribution is 5.88. The summed E-state index contributed by atoms with van der Waals surface area (Å²) in [5.74, 6) is 0.0253. The van der Waals surface area contributed by atoms with Crippen molar-refractivity contribution in [3.8, 4) is 0 Å². The minimum Gasteiger partial charge on any atom is -0.463 e. The maximum absolute atomic E-state index is 11.4. The van der Waals surface area contributed by atoms with Crippen LogP contribution in [-0.2, 0) is 9.53 Å². The molecule has 1 fully saturated rings. The molecule has 4 heteroatoms. The second kappa shape index (κ2) is 6.66. The fraction of sp³-hybridized carbons (Fsp3) is 0.750. The van der Waals surface area contributed by atoms with Gasteiger partial charge in [-0.25, -0.2) is 4.79 Å². The summed E-state index contributed by atoms with van der Waals surface area (Å²) in [6, 6.07) is 0. The predicted octanol–water partition coefficient (Wildman–Crippen LogP) is 0.810. The van der Waals surface area contributed by atoms with Crippen LogP contribution >= 0.6 is 0 Å². The third-order valence-electron chi connectivity index (χ3n) is 2.84. The van der Waals surface area contributed by atoms with E-state index in [1.165, 1.54) is 0 Å². The molecule has 1 unspecified atom stereocenters. The number of carbonyl (C=O) groups is 1. The number of hydrogen-bond donors (Lipinski definition) is 1. The van der Waals surface area contributed by atoms with Crippen molar-refractivity contribution in [2.75, 3.05) is 32.8 Å². The van der Waals surface area contributed by atoms with Gasteiger partial charge in [0, 0.05) is 25.3 Å². The van der Waals surface area contributed by atoms with Crippen LogP contribution in [0.2, 0.25) is 0 Å². The summed E-state index contributed by atoms with van der Waals surface area (Å²) in [4.78, 5) is 13.5. The monoisotopic (exact) mass is 227 g/mol. The molecule has 1 atom stereocenters. The van der Waals surface area contributed by atoms with Gasteiger partial charge >= 0.3 is 5.97 Å². The third kappa shape index (κ3) is 3.94. The number of rotatable bonds is 5. The Balaban J connectivity index is 2.35. The van der Waals surface area contributed by atoms with E-state index in [2.05, 4.69) is 11.5 Å². The van der Waals surface area contributed by atoms with Gasteiger partial charge in [-0.15, -0.1) is 0 Å². The average Bonchev–Trinajstić information content (AvgIpc) is 2.29. The van der Waals surface area contributed by atoms with Crippen molar-refractivity contribution in [1.82, 2.24) is 4.90 Å². The van der Waals surface area contributed by atoms with Gasteiger partial charge in [-0.2, -0.15) is 0 Å². The first kappa shape index (κ1) is 13.2. The summed E-state index contributed by atoms with van der Waals surface area (Å²) in [7, 11) is 0. The van der Waals surface area contributed by atoms with Crippen LogP contribution in [0.3, 0.4) is 0 Å². The first-order valence-electron chi connectivity index (χ1n) is 5.85. The van der Waals surface area contributed by atoms with Crippen molar-refractivity contribution in [3.63, 3.8) is 0 Å². The zero-order valence-electron chi connectivity index (χ0n) is 9.95. The zero-order chi connectivity index (χ0) is 12.0. The molecule has 0 amide bonds. The van der Waals surface area contributed by atoms with Crippen molar-refractivity contribution >= 4 is 5.97 Å². The van der Waals surface area contributed by atoms with E-state index < -0.39 is 0 Å². The van der Waals surface area contributed by atoms with Crippen LogP contribution in [0.1, 0.15) is 19.8 Å². The second-order valence-electron chi connectivity index (χ2n) is 4.25. The maximum Gasteiger partial charge on any atom is 0.334 e. The van der Waals surface area contributed by atoms with Gasteiger partial charge in [0.2, 0.25) is 0 Å². The van der Waals surface area contributed by atoms with Crippen molar-refractivity contribution in [1.29, 1.82) is 0 Å². The highest BCUT2D eigenvalue weighted by Gasteiger charge is 2.21. The number of likely N-dealkylation sites (tertiary alicyclic amines) is 1. The Morgan fingerprint density at radius 2 is 2.38 bits per heavy atom. The highest BCUT2D eigenvalue weighted by Crippen LogP contribution is 2.16. The van der Waals surface area contributed by atoms with Crippen LogP contribution < -0.4 is 0 Å². The predicted molar refractivity (Wildman–Crippen MR) is 62.0 cm³/mol. The van der Waals surface area contributed by atoms with Crippen LogP contribution in [0.15, 0.2) is 12.2 Å². The lowest BCUT2D eigenvalue weighted by Crippen LogP contribution is -2.38. The van der Waals surface area contributed by atoms with E-state index in [1.54, 1.807) is 6.92 Å². The molecule has 4 nitrogen and oxygen atoms in total. The Morgan fingerprint density at radius 3 is 3.00 bits per heavy atom. The maximum atomic E-state index is 11.4. The van der Waals surface area contributed by atoms with E-state index >= 15 is 0 Å². The average molecular weight is 227 g/mol. The summed E-state index contributed by atoms with van der Waals surface area (Å²) in [6.07, 6.45) is 2.14. The van der Waals surface area contributed by atoms with E-state index in [4.69, 9.17) is 9.84 Å². The van der Waals surface area contributed by atoms with Gasteiger partial charge in [0.15, 0.2) is 0 Å². The Hall–Kier alpha value is -0.870. The van der Waals surface area contributed by atoms with E-state index in [1.807, 2.05) is 0 Å². The van der Waals surface area contributed by atoms with Gasteiger partial charge in [0.1, 0.15) is 0 Å². The fourth-order valence-corrected chi connectivity index (χ4v) is 2.01. The Kier molecular flexibility index (Phi) is 5.49. The summed E-state index contributed by atoms with van der Waals surface area (Å²) in [5.41, 5.74) is 0.500. The molecule has 0 saturated carbocycles. The molecule has 1 N–H and O–H groups in total. The smallest absolute Gasteiger partial charge is 0.334 e. The highest BCUT2D eigenvalue weighted by atomic mass is 16.5. The molecule has 1 aliphatic heterocycles. The second-order valence-corrected chi connectivity index (χ2v) is 4.25. The number of aliphatic hydroxyl groups excluding tert-OH is 1. The number of piperidine rings is 1. The molecule has 0 spiro atoms. The summed E-state index contributed by atoms with van der Waals surface area (Å²) < 4.78 is 4.88. The van der Waals surface area contributed by atoms with E-state index in [-0.39, 0.29) is 12.6 Å². The first-order valence-corrected chi connectivity index (χ1v) is 5.85. The van der Waals surface area contributed by atoms with Gasteiger partial charge in [-0.05, 0) is 32.2 Å². The van der Waals surface area contributed by atoms with Crippen LogP contribution in [0, 0.1) is 5.92 Å². The minimum atomic E-state index is -0.311. The number of ether oxygens (including phenoxy) is 1. The molecule has 1 aliphatic rings. The van der Waals surface area contributed by atoms with E-state index in [0.29, 0.717) is 24.6 Å². The quantitative estimate of drug-likeness (QED) is 0.558. The molecule has 1 heterocycles. The van der Waals surface area contributed by atoms with Gasteiger partial charge in [0.25, 0.3) is 0 Å². The van der Waals surface area contributed by atoms with Gasteiger partial charge < -0.3 is 9.84 Å². The third-order valence-corrected chi connectivity index (χ3v) is 2.84. The number of hydrogen-bond acceptors (Lipinski definition) is 4. The fourth-order valence-electron chi connectivity index (χ4n) is 2.01.